The number of ether oxygens (including phenoxy) is 2. The van der Waals surface area contributed by atoms with E-state index in [1.165, 1.54) is 0 Å². The SMILES string of the molecule is CCCOC(=O)NCCOCC(C)(C)O. The summed E-state index contributed by atoms with van der Waals surface area (Å²) in [6.07, 6.45) is 0.381. The van der Waals surface area contributed by atoms with Crippen molar-refractivity contribution in [3.05, 3.63) is 0 Å². The van der Waals surface area contributed by atoms with Crippen molar-refractivity contribution in [2.24, 2.45) is 0 Å². The first-order valence-electron chi connectivity index (χ1n) is 5.16. The van der Waals surface area contributed by atoms with Gasteiger partial charge in [-0.05, 0) is 20.3 Å². The average Bonchev–Trinajstić information content (AvgIpc) is 2.12. The molecule has 0 aliphatic rings. The second-order valence-electron chi connectivity index (χ2n) is 3.93. The molecule has 0 fully saturated rings. The minimum atomic E-state index is -0.831. The molecule has 0 radical (unpaired) electrons. The molecule has 1 amide bonds. The Morgan fingerprint density at radius 3 is 2.60 bits per heavy atom. The van der Waals surface area contributed by atoms with Gasteiger partial charge in [0.2, 0.25) is 0 Å². The molecule has 0 aromatic rings. The van der Waals surface area contributed by atoms with Crippen molar-refractivity contribution in [2.45, 2.75) is 32.8 Å². The minimum Gasteiger partial charge on any atom is -0.450 e. The summed E-state index contributed by atoms with van der Waals surface area (Å²) in [5.74, 6) is 0. The van der Waals surface area contributed by atoms with Crippen LogP contribution in [-0.4, -0.2) is 43.2 Å². The van der Waals surface area contributed by atoms with Crippen LogP contribution in [0.2, 0.25) is 0 Å². The Bertz CT molecular complexity index is 177. The van der Waals surface area contributed by atoms with Crippen LogP contribution in [0.15, 0.2) is 0 Å². The topological polar surface area (TPSA) is 67.8 Å². The van der Waals surface area contributed by atoms with Crippen molar-refractivity contribution in [3.8, 4) is 0 Å². The Balaban J connectivity index is 3.27. The maximum absolute atomic E-state index is 10.9. The van der Waals surface area contributed by atoms with E-state index in [9.17, 15) is 9.90 Å². The standard InChI is InChI=1S/C10H21NO4/c1-4-6-15-9(12)11-5-7-14-8-10(2,3)13/h13H,4-8H2,1-3H3,(H,11,12). The summed E-state index contributed by atoms with van der Waals surface area (Å²) in [7, 11) is 0. The van der Waals surface area contributed by atoms with E-state index in [0.717, 1.165) is 6.42 Å². The molecule has 0 heterocycles. The van der Waals surface area contributed by atoms with Gasteiger partial charge in [0, 0.05) is 6.54 Å². The smallest absolute Gasteiger partial charge is 0.407 e. The zero-order valence-electron chi connectivity index (χ0n) is 9.71. The lowest BCUT2D eigenvalue weighted by atomic mass is 10.2. The predicted molar refractivity (Wildman–Crippen MR) is 56.8 cm³/mol. The van der Waals surface area contributed by atoms with Crippen molar-refractivity contribution in [2.75, 3.05) is 26.4 Å². The van der Waals surface area contributed by atoms with Crippen LogP contribution in [0.25, 0.3) is 0 Å². The Hall–Kier alpha value is -0.810. The van der Waals surface area contributed by atoms with E-state index in [1.54, 1.807) is 13.8 Å². The van der Waals surface area contributed by atoms with Gasteiger partial charge in [-0.25, -0.2) is 4.79 Å². The Morgan fingerprint density at radius 2 is 2.07 bits per heavy atom. The summed E-state index contributed by atoms with van der Waals surface area (Å²) >= 11 is 0. The lowest BCUT2D eigenvalue weighted by Crippen LogP contribution is -2.31. The highest BCUT2D eigenvalue weighted by Crippen LogP contribution is 1.99. The van der Waals surface area contributed by atoms with Crippen LogP contribution in [0.5, 0.6) is 0 Å². The van der Waals surface area contributed by atoms with Gasteiger partial charge in [0.15, 0.2) is 0 Å². The van der Waals surface area contributed by atoms with Gasteiger partial charge >= 0.3 is 6.09 Å². The van der Waals surface area contributed by atoms with Gasteiger partial charge in [-0.15, -0.1) is 0 Å². The molecular formula is C10H21NO4. The van der Waals surface area contributed by atoms with Crippen LogP contribution in [0.3, 0.4) is 0 Å². The van der Waals surface area contributed by atoms with Crippen LogP contribution >= 0.6 is 0 Å². The highest BCUT2D eigenvalue weighted by molar-refractivity contribution is 5.66. The number of nitrogens with one attached hydrogen (secondary N) is 1. The van der Waals surface area contributed by atoms with E-state index in [1.807, 2.05) is 6.92 Å². The van der Waals surface area contributed by atoms with Crippen LogP contribution in [0.1, 0.15) is 27.2 Å². The maximum Gasteiger partial charge on any atom is 0.407 e. The number of hydrogen-bond acceptors (Lipinski definition) is 4. The third-order valence-electron chi connectivity index (χ3n) is 1.41. The molecule has 90 valence electrons. The molecular weight excluding hydrogens is 198 g/mol. The van der Waals surface area contributed by atoms with E-state index in [0.29, 0.717) is 19.8 Å². The third kappa shape index (κ3) is 11.1. The Morgan fingerprint density at radius 1 is 1.40 bits per heavy atom. The third-order valence-corrected chi connectivity index (χ3v) is 1.41. The number of carbonyl (C=O) groups excluding carboxylic acids is 1. The van der Waals surface area contributed by atoms with Crippen molar-refractivity contribution in [1.82, 2.24) is 5.32 Å². The maximum atomic E-state index is 10.9. The normalized spacial score (nSPS) is 11.2. The number of aliphatic hydroxyl groups is 1. The fourth-order valence-electron chi connectivity index (χ4n) is 0.793. The van der Waals surface area contributed by atoms with Gasteiger partial charge in [0.1, 0.15) is 0 Å². The van der Waals surface area contributed by atoms with Gasteiger partial charge in [-0.2, -0.15) is 0 Å². The lowest BCUT2D eigenvalue weighted by Gasteiger charge is -2.16. The fraction of sp³-hybridized carbons (Fsp3) is 0.900. The zero-order chi connectivity index (χ0) is 11.7. The minimum absolute atomic E-state index is 0.249. The van der Waals surface area contributed by atoms with E-state index in [2.05, 4.69) is 5.32 Å². The number of amides is 1. The first-order chi connectivity index (χ1) is 6.95. The highest BCUT2D eigenvalue weighted by atomic mass is 16.5. The van der Waals surface area contributed by atoms with Crippen molar-refractivity contribution in [1.29, 1.82) is 0 Å². The Labute approximate surface area is 90.8 Å². The van der Waals surface area contributed by atoms with E-state index in [4.69, 9.17) is 9.47 Å². The van der Waals surface area contributed by atoms with Gasteiger partial charge in [0.25, 0.3) is 0 Å². The lowest BCUT2D eigenvalue weighted by molar-refractivity contribution is -0.0195. The molecule has 0 saturated heterocycles. The number of carbonyl (C=O) groups is 1. The molecule has 0 aromatic heterocycles. The van der Waals surface area contributed by atoms with Crippen molar-refractivity contribution in [3.63, 3.8) is 0 Å². The molecule has 5 heteroatoms. The molecule has 0 saturated carbocycles. The summed E-state index contributed by atoms with van der Waals surface area (Å²) in [6, 6.07) is 0. The molecule has 0 aromatic carbocycles. The monoisotopic (exact) mass is 219 g/mol. The number of hydrogen-bond donors (Lipinski definition) is 2. The van der Waals surface area contributed by atoms with Crippen molar-refractivity contribution >= 4 is 6.09 Å². The van der Waals surface area contributed by atoms with Gasteiger partial charge in [-0.1, -0.05) is 6.92 Å². The van der Waals surface area contributed by atoms with E-state index in [-0.39, 0.29) is 6.61 Å². The summed E-state index contributed by atoms with van der Waals surface area (Å²) < 4.78 is 9.92. The zero-order valence-corrected chi connectivity index (χ0v) is 9.71. The molecule has 15 heavy (non-hydrogen) atoms. The van der Waals surface area contributed by atoms with Crippen LogP contribution in [0.4, 0.5) is 4.79 Å². The van der Waals surface area contributed by atoms with Crippen LogP contribution < -0.4 is 5.32 Å². The molecule has 0 aliphatic heterocycles. The van der Waals surface area contributed by atoms with Gasteiger partial charge in [0.05, 0.1) is 25.4 Å². The summed E-state index contributed by atoms with van der Waals surface area (Å²) in [6.45, 7) is 6.69. The van der Waals surface area contributed by atoms with Gasteiger partial charge < -0.3 is 19.9 Å². The van der Waals surface area contributed by atoms with Crippen LogP contribution in [0, 0.1) is 0 Å². The number of rotatable bonds is 7. The quantitative estimate of drug-likeness (QED) is 0.624. The molecule has 0 bridgehead atoms. The average molecular weight is 219 g/mol. The molecule has 0 spiro atoms. The predicted octanol–water partition coefficient (Wildman–Crippen LogP) is 0.910. The van der Waals surface area contributed by atoms with Crippen LogP contribution in [-0.2, 0) is 9.47 Å². The first kappa shape index (κ1) is 14.2. The Kier molecular flexibility index (Phi) is 7.07. The molecule has 0 rings (SSSR count). The van der Waals surface area contributed by atoms with Crippen molar-refractivity contribution < 1.29 is 19.4 Å². The highest BCUT2D eigenvalue weighted by Gasteiger charge is 2.11. The molecule has 2 N–H and O–H groups in total. The molecule has 0 unspecified atom stereocenters. The molecule has 0 atom stereocenters. The largest absolute Gasteiger partial charge is 0.450 e. The molecule has 5 nitrogen and oxygen atoms in total. The summed E-state index contributed by atoms with van der Waals surface area (Å²) in [5, 5.41) is 11.8. The second kappa shape index (κ2) is 7.48. The second-order valence-corrected chi connectivity index (χ2v) is 3.93. The fourth-order valence-corrected chi connectivity index (χ4v) is 0.793. The van der Waals surface area contributed by atoms with E-state index >= 15 is 0 Å². The van der Waals surface area contributed by atoms with Gasteiger partial charge in [-0.3, -0.25) is 0 Å². The number of alkyl carbamates (subject to hydrolysis) is 1. The van der Waals surface area contributed by atoms with E-state index < -0.39 is 11.7 Å². The molecule has 0 aliphatic carbocycles. The first-order valence-corrected chi connectivity index (χ1v) is 5.16. The summed E-state index contributed by atoms with van der Waals surface area (Å²) in [5.41, 5.74) is -0.831. The summed E-state index contributed by atoms with van der Waals surface area (Å²) in [4.78, 5) is 10.9.